The van der Waals surface area contributed by atoms with Gasteiger partial charge < -0.3 is 5.11 Å². The molecule has 3 rings (SSSR count). The molecule has 0 amide bonds. The third kappa shape index (κ3) is 1.62. The lowest BCUT2D eigenvalue weighted by molar-refractivity contribution is 0.0729. The van der Waals surface area contributed by atoms with E-state index in [1.165, 1.54) is 38.5 Å². The maximum absolute atomic E-state index is 9.18. The van der Waals surface area contributed by atoms with Gasteiger partial charge in [-0.15, -0.1) is 0 Å². The van der Waals surface area contributed by atoms with Crippen LogP contribution in [0.25, 0.3) is 0 Å². The Labute approximate surface area is 112 Å². The van der Waals surface area contributed by atoms with Gasteiger partial charge in [-0.2, -0.15) is 0 Å². The molecular weight excluding hydrogens is 220 g/mol. The molecule has 0 radical (unpaired) electrons. The molecule has 0 saturated heterocycles. The van der Waals surface area contributed by atoms with Crippen LogP contribution in [0.5, 0.6) is 0 Å². The Balaban J connectivity index is 1.92. The van der Waals surface area contributed by atoms with E-state index in [1.807, 2.05) is 0 Å². The molecule has 0 spiro atoms. The van der Waals surface area contributed by atoms with Crippen molar-refractivity contribution in [3.8, 4) is 0 Å². The molecule has 1 N–H and O–H groups in total. The van der Waals surface area contributed by atoms with Gasteiger partial charge in [0.25, 0.3) is 0 Å². The lowest BCUT2D eigenvalue weighted by Crippen LogP contribution is -2.33. The van der Waals surface area contributed by atoms with Gasteiger partial charge in [-0.3, -0.25) is 0 Å². The molecule has 3 saturated carbocycles. The summed E-state index contributed by atoms with van der Waals surface area (Å²) >= 11 is 0. The average molecular weight is 250 g/mol. The number of hydrogen-bond acceptors (Lipinski definition) is 1. The number of aliphatic hydroxyl groups excluding tert-OH is 1. The minimum Gasteiger partial charge on any atom is -0.396 e. The van der Waals surface area contributed by atoms with Gasteiger partial charge in [-0.1, -0.05) is 27.2 Å². The van der Waals surface area contributed by atoms with E-state index in [0.29, 0.717) is 17.4 Å². The maximum Gasteiger partial charge on any atom is 0.0431 e. The fraction of sp³-hybridized carbons (Fsp3) is 1.00. The first kappa shape index (κ1) is 13.0. The van der Waals surface area contributed by atoms with Crippen LogP contribution < -0.4 is 0 Å². The smallest absolute Gasteiger partial charge is 0.0431 e. The van der Waals surface area contributed by atoms with Gasteiger partial charge in [0.2, 0.25) is 0 Å². The second-order valence-corrected chi connectivity index (χ2v) is 8.19. The highest BCUT2D eigenvalue weighted by Gasteiger charge is 2.64. The van der Waals surface area contributed by atoms with E-state index in [0.717, 1.165) is 30.1 Å². The van der Waals surface area contributed by atoms with Crippen molar-refractivity contribution in [3.63, 3.8) is 0 Å². The summed E-state index contributed by atoms with van der Waals surface area (Å²) in [6, 6.07) is 0. The van der Waals surface area contributed by atoms with E-state index in [9.17, 15) is 5.11 Å². The molecule has 0 aromatic carbocycles. The van der Waals surface area contributed by atoms with Gasteiger partial charge in [0.15, 0.2) is 0 Å². The van der Waals surface area contributed by atoms with E-state index in [1.54, 1.807) is 0 Å². The number of rotatable bonds is 3. The molecule has 3 aliphatic rings. The van der Waals surface area contributed by atoms with Gasteiger partial charge in [-0.05, 0) is 73.0 Å². The third-order valence-corrected chi connectivity index (χ3v) is 7.03. The Morgan fingerprint density at radius 1 is 1.11 bits per heavy atom. The molecule has 0 heterocycles. The first-order valence-electron chi connectivity index (χ1n) is 8.11. The van der Waals surface area contributed by atoms with Crippen LogP contribution in [-0.4, -0.2) is 11.7 Å². The SMILES string of the molecule is CC1(C)CCC[C@@]2(C)[C@@H]3CC[C@@H]([C@H]31)[C@@H]2CCCO. The van der Waals surface area contributed by atoms with E-state index in [2.05, 4.69) is 20.8 Å². The zero-order valence-electron chi connectivity index (χ0n) is 12.4. The molecule has 4 bridgehead atoms. The van der Waals surface area contributed by atoms with Crippen LogP contribution in [0.15, 0.2) is 0 Å². The lowest BCUT2D eigenvalue weighted by Gasteiger charge is -2.42. The summed E-state index contributed by atoms with van der Waals surface area (Å²) in [5, 5.41) is 9.18. The van der Waals surface area contributed by atoms with Crippen molar-refractivity contribution in [1.82, 2.24) is 0 Å². The average Bonchev–Trinajstić information content (AvgIpc) is 2.79. The van der Waals surface area contributed by atoms with E-state index >= 15 is 0 Å². The summed E-state index contributed by atoms with van der Waals surface area (Å²) in [4.78, 5) is 0. The van der Waals surface area contributed by atoms with Crippen LogP contribution in [-0.2, 0) is 0 Å². The van der Waals surface area contributed by atoms with Crippen LogP contribution in [0.2, 0.25) is 0 Å². The molecule has 1 heteroatoms. The van der Waals surface area contributed by atoms with Gasteiger partial charge >= 0.3 is 0 Å². The second kappa shape index (κ2) is 4.23. The maximum atomic E-state index is 9.18. The van der Waals surface area contributed by atoms with E-state index in [4.69, 9.17) is 0 Å². The largest absolute Gasteiger partial charge is 0.396 e. The van der Waals surface area contributed by atoms with Crippen LogP contribution in [0.3, 0.4) is 0 Å². The van der Waals surface area contributed by atoms with Crippen LogP contribution in [0.1, 0.15) is 65.7 Å². The van der Waals surface area contributed by atoms with Crippen LogP contribution in [0, 0.1) is 34.5 Å². The standard InChI is InChI=1S/C17H30O/c1-16(2)9-5-10-17(3)13(6-4-11-18)12-7-8-14(17)15(12)16/h12-15,18H,4-11H2,1-3H3/t12-,13+,14-,15-,17-/m1/s1. The molecule has 0 aromatic heterocycles. The normalized spacial score (nSPS) is 49.3. The zero-order chi connectivity index (χ0) is 13.0. The predicted octanol–water partition coefficient (Wildman–Crippen LogP) is 4.25. The lowest BCUT2D eigenvalue weighted by atomic mass is 9.63. The second-order valence-electron chi connectivity index (χ2n) is 8.19. The molecule has 3 aliphatic carbocycles. The summed E-state index contributed by atoms with van der Waals surface area (Å²) in [5.74, 6) is 3.85. The summed E-state index contributed by atoms with van der Waals surface area (Å²) < 4.78 is 0. The fourth-order valence-corrected chi connectivity index (χ4v) is 6.43. The van der Waals surface area contributed by atoms with Crippen molar-refractivity contribution in [2.45, 2.75) is 65.7 Å². The molecule has 5 atom stereocenters. The highest BCUT2D eigenvalue weighted by Crippen LogP contribution is 2.71. The van der Waals surface area contributed by atoms with Crippen molar-refractivity contribution in [2.24, 2.45) is 34.5 Å². The predicted molar refractivity (Wildman–Crippen MR) is 75.3 cm³/mol. The topological polar surface area (TPSA) is 20.2 Å². The van der Waals surface area contributed by atoms with Crippen molar-refractivity contribution >= 4 is 0 Å². The van der Waals surface area contributed by atoms with Crippen molar-refractivity contribution in [3.05, 3.63) is 0 Å². The van der Waals surface area contributed by atoms with Gasteiger partial charge in [0.05, 0.1) is 0 Å². The van der Waals surface area contributed by atoms with Gasteiger partial charge in [0.1, 0.15) is 0 Å². The highest BCUT2D eigenvalue weighted by atomic mass is 16.2. The molecule has 0 aromatic rings. The van der Waals surface area contributed by atoms with Gasteiger partial charge in [-0.25, -0.2) is 0 Å². The zero-order valence-corrected chi connectivity index (χ0v) is 12.4. The summed E-state index contributed by atoms with van der Waals surface area (Å²) in [7, 11) is 0. The Kier molecular flexibility index (Phi) is 3.05. The van der Waals surface area contributed by atoms with Crippen LogP contribution >= 0.6 is 0 Å². The molecule has 1 nitrogen and oxygen atoms in total. The van der Waals surface area contributed by atoms with Crippen molar-refractivity contribution in [1.29, 1.82) is 0 Å². The van der Waals surface area contributed by atoms with Crippen molar-refractivity contribution < 1.29 is 5.11 Å². The minimum atomic E-state index is 0.387. The Morgan fingerprint density at radius 3 is 2.61 bits per heavy atom. The Morgan fingerprint density at radius 2 is 1.89 bits per heavy atom. The molecule has 0 unspecified atom stereocenters. The fourth-order valence-electron chi connectivity index (χ4n) is 6.43. The summed E-state index contributed by atoms with van der Waals surface area (Å²) in [6.45, 7) is 8.04. The van der Waals surface area contributed by atoms with E-state index in [-0.39, 0.29) is 0 Å². The van der Waals surface area contributed by atoms with E-state index < -0.39 is 0 Å². The molecule has 3 fully saturated rings. The Bertz CT molecular complexity index is 322. The number of aliphatic hydroxyl groups is 1. The molecule has 0 aliphatic heterocycles. The first-order chi connectivity index (χ1) is 8.50. The summed E-state index contributed by atoms with van der Waals surface area (Å²) in [6.07, 6.45) is 9.59. The highest BCUT2D eigenvalue weighted by molar-refractivity contribution is 5.12. The van der Waals surface area contributed by atoms with Gasteiger partial charge in [0, 0.05) is 6.61 Å². The Hall–Kier alpha value is -0.0400. The third-order valence-electron chi connectivity index (χ3n) is 7.03. The molecule has 104 valence electrons. The quantitative estimate of drug-likeness (QED) is 0.794. The van der Waals surface area contributed by atoms with Crippen LogP contribution in [0.4, 0.5) is 0 Å². The molecular formula is C17H30O. The minimum absolute atomic E-state index is 0.387. The molecule has 18 heavy (non-hydrogen) atoms. The summed E-state index contributed by atoms with van der Waals surface area (Å²) in [5.41, 5.74) is 1.17. The number of hydrogen-bond donors (Lipinski definition) is 1. The first-order valence-corrected chi connectivity index (χ1v) is 8.11. The van der Waals surface area contributed by atoms with Crippen molar-refractivity contribution in [2.75, 3.05) is 6.61 Å². The monoisotopic (exact) mass is 250 g/mol.